The van der Waals surface area contributed by atoms with E-state index in [2.05, 4.69) is 59.4 Å². The van der Waals surface area contributed by atoms with Crippen LogP contribution in [0, 0.1) is 10.5 Å². The summed E-state index contributed by atoms with van der Waals surface area (Å²) < 4.78 is 18.1. The Hall–Kier alpha value is -1.72. The van der Waals surface area contributed by atoms with Crippen LogP contribution in [0.4, 0.5) is 0 Å². The maximum Gasteiger partial charge on any atom is 0.363 e. The molecule has 0 atom stereocenters. The lowest BCUT2D eigenvalue weighted by Gasteiger charge is -2.10. The molecular formula is C21H16Br2INO5. The summed E-state index contributed by atoms with van der Waals surface area (Å²) in [6.45, 7) is 3.80. The molecule has 0 bridgehead atoms. The molecule has 0 unspecified atom stereocenters. The number of hydrogen-bond donors (Lipinski definition) is 0. The minimum atomic E-state index is -0.518. The van der Waals surface area contributed by atoms with Gasteiger partial charge < -0.3 is 14.2 Å². The highest BCUT2D eigenvalue weighted by Crippen LogP contribution is 2.36. The molecule has 2 aromatic rings. The molecule has 2 aromatic carbocycles. The Morgan fingerprint density at radius 2 is 1.93 bits per heavy atom. The maximum atomic E-state index is 12.3. The van der Waals surface area contributed by atoms with Crippen LogP contribution in [0.2, 0.25) is 0 Å². The fraction of sp³-hybridized carbons (Fsp3) is 0.190. The van der Waals surface area contributed by atoms with Crippen LogP contribution in [0.25, 0.3) is 6.08 Å². The third-order valence-electron chi connectivity index (χ3n) is 3.99. The quantitative estimate of drug-likeness (QED) is 0.238. The Morgan fingerprint density at radius 3 is 2.57 bits per heavy atom. The van der Waals surface area contributed by atoms with Crippen LogP contribution in [0.15, 0.2) is 50.0 Å². The first-order valence-corrected chi connectivity index (χ1v) is 11.5. The molecule has 9 heteroatoms. The molecular weight excluding hydrogens is 633 g/mol. The van der Waals surface area contributed by atoms with Gasteiger partial charge >= 0.3 is 11.9 Å². The molecule has 0 amide bonds. The number of nitrogens with zero attached hydrogens (tertiary/aromatic N) is 1. The Kier molecular flexibility index (Phi) is 7.70. The van der Waals surface area contributed by atoms with E-state index < -0.39 is 11.9 Å². The van der Waals surface area contributed by atoms with E-state index in [-0.39, 0.29) is 24.8 Å². The highest BCUT2D eigenvalue weighted by atomic mass is 127. The molecule has 6 nitrogen and oxygen atoms in total. The van der Waals surface area contributed by atoms with Gasteiger partial charge in [0.1, 0.15) is 5.75 Å². The summed E-state index contributed by atoms with van der Waals surface area (Å²) in [6.07, 6.45) is 1.62. The normalized spacial score (nSPS) is 14.5. The number of halogens is 3. The van der Waals surface area contributed by atoms with E-state index in [1.807, 2.05) is 25.1 Å². The van der Waals surface area contributed by atoms with Gasteiger partial charge in [0.2, 0.25) is 5.90 Å². The Balaban J connectivity index is 1.83. The zero-order valence-corrected chi connectivity index (χ0v) is 21.3. The topological polar surface area (TPSA) is 74.2 Å². The summed E-state index contributed by atoms with van der Waals surface area (Å²) in [5, 5.41) is 0. The van der Waals surface area contributed by atoms with Crippen LogP contribution in [-0.2, 0) is 19.1 Å². The van der Waals surface area contributed by atoms with E-state index in [1.54, 1.807) is 25.1 Å². The van der Waals surface area contributed by atoms with E-state index in [1.165, 1.54) is 0 Å². The molecule has 1 aliphatic rings. The fourth-order valence-corrected chi connectivity index (χ4v) is 4.39. The minimum Gasteiger partial charge on any atom is -0.480 e. The van der Waals surface area contributed by atoms with Crippen LogP contribution in [0.1, 0.15) is 23.6 Å². The van der Waals surface area contributed by atoms with Crippen molar-refractivity contribution < 1.29 is 23.8 Å². The standard InChI is InChI=1S/C21H16Br2INO5/c1-3-28-18(26)10-29-19-14(22)7-12(8-15(19)23)9-17-21(27)30-20(25-17)13-4-5-16(24)11(2)6-13/h4-9H,3,10H2,1-2H3/b17-9-. The van der Waals surface area contributed by atoms with Crippen molar-refractivity contribution in [3.8, 4) is 5.75 Å². The van der Waals surface area contributed by atoms with Crippen molar-refractivity contribution in [2.45, 2.75) is 13.8 Å². The second-order valence-electron chi connectivity index (χ2n) is 6.21. The third kappa shape index (κ3) is 5.50. The highest BCUT2D eigenvalue weighted by molar-refractivity contribution is 14.1. The number of ether oxygens (including phenoxy) is 3. The first-order chi connectivity index (χ1) is 14.3. The van der Waals surface area contributed by atoms with Crippen LogP contribution >= 0.6 is 54.5 Å². The molecule has 0 aromatic heterocycles. The average Bonchev–Trinajstić information content (AvgIpc) is 3.04. The Labute approximate surface area is 204 Å². The second-order valence-corrected chi connectivity index (χ2v) is 9.08. The molecule has 0 saturated heterocycles. The van der Waals surface area contributed by atoms with Gasteiger partial charge in [0.25, 0.3) is 0 Å². The van der Waals surface area contributed by atoms with Gasteiger partial charge in [0.15, 0.2) is 12.3 Å². The predicted octanol–water partition coefficient (Wildman–Crippen LogP) is 5.41. The number of hydrogen-bond acceptors (Lipinski definition) is 6. The number of benzene rings is 2. The highest BCUT2D eigenvalue weighted by Gasteiger charge is 2.24. The van der Waals surface area contributed by atoms with Gasteiger partial charge in [-0.2, -0.15) is 0 Å². The number of carbonyl (C=O) groups excluding carboxylic acids is 2. The zero-order chi connectivity index (χ0) is 21.8. The van der Waals surface area contributed by atoms with E-state index in [4.69, 9.17) is 14.2 Å². The minimum absolute atomic E-state index is 0.195. The molecule has 3 rings (SSSR count). The van der Waals surface area contributed by atoms with Crippen LogP contribution < -0.4 is 4.74 Å². The summed E-state index contributed by atoms with van der Waals surface area (Å²) in [5.74, 6) is -0.240. The van der Waals surface area contributed by atoms with Crippen LogP contribution in [0.5, 0.6) is 5.75 Å². The van der Waals surface area contributed by atoms with Gasteiger partial charge in [-0.05, 0) is 116 Å². The zero-order valence-electron chi connectivity index (χ0n) is 16.0. The molecule has 0 N–H and O–H groups in total. The van der Waals surface area contributed by atoms with Crippen LogP contribution in [-0.4, -0.2) is 31.1 Å². The molecule has 30 heavy (non-hydrogen) atoms. The molecule has 0 spiro atoms. The van der Waals surface area contributed by atoms with E-state index in [9.17, 15) is 9.59 Å². The lowest BCUT2D eigenvalue weighted by Crippen LogP contribution is -2.15. The third-order valence-corrected chi connectivity index (χ3v) is 6.38. The van der Waals surface area contributed by atoms with Gasteiger partial charge in [0.05, 0.1) is 15.6 Å². The first-order valence-electron chi connectivity index (χ1n) is 8.85. The summed E-state index contributed by atoms with van der Waals surface area (Å²) in [5.41, 5.74) is 2.72. The van der Waals surface area contributed by atoms with Crippen molar-refractivity contribution in [2.24, 2.45) is 4.99 Å². The number of cyclic esters (lactones) is 1. The summed E-state index contributed by atoms with van der Waals surface area (Å²) in [6, 6.07) is 9.26. The predicted molar refractivity (Wildman–Crippen MR) is 128 cm³/mol. The van der Waals surface area contributed by atoms with Crippen molar-refractivity contribution in [3.05, 3.63) is 65.2 Å². The first kappa shape index (κ1) is 23.0. The summed E-state index contributed by atoms with van der Waals surface area (Å²) in [7, 11) is 0. The fourth-order valence-electron chi connectivity index (χ4n) is 2.60. The van der Waals surface area contributed by atoms with Crippen molar-refractivity contribution in [1.29, 1.82) is 0 Å². The second kappa shape index (κ2) is 10.1. The van der Waals surface area contributed by atoms with Crippen molar-refractivity contribution >= 4 is 78.4 Å². The molecule has 0 fully saturated rings. The van der Waals surface area contributed by atoms with E-state index in [0.717, 1.165) is 14.7 Å². The average molecular weight is 649 g/mol. The van der Waals surface area contributed by atoms with Crippen molar-refractivity contribution in [1.82, 2.24) is 0 Å². The maximum absolute atomic E-state index is 12.3. The van der Waals surface area contributed by atoms with Crippen molar-refractivity contribution in [2.75, 3.05) is 13.2 Å². The number of esters is 2. The molecule has 1 aliphatic heterocycles. The van der Waals surface area contributed by atoms with Gasteiger partial charge in [0, 0.05) is 9.13 Å². The van der Waals surface area contributed by atoms with E-state index in [0.29, 0.717) is 20.3 Å². The summed E-state index contributed by atoms with van der Waals surface area (Å²) >= 11 is 9.10. The van der Waals surface area contributed by atoms with Crippen molar-refractivity contribution in [3.63, 3.8) is 0 Å². The van der Waals surface area contributed by atoms with Gasteiger partial charge in [-0.3, -0.25) is 0 Å². The van der Waals surface area contributed by atoms with E-state index >= 15 is 0 Å². The Bertz CT molecular complexity index is 1060. The number of rotatable bonds is 6. The molecule has 0 aliphatic carbocycles. The molecule has 0 saturated carbocycles. The number of aliphatic imine (C=N–C) groups is 1. The molecule has 156 valence electrons. The van der Waals surface area contributed by atoms with Crippen LogP contribution in [0.3, 0.4) is 0 Å². The number of aryl methyl sites for hydroxylation is 1. The van der Waals surface area contributed by atoms with Gasteiger partial charge in [-0.1, -0.05) is 0 Å². The summed E-state index contributed by atoms with van der Waals surface area (Å²) in [4.78, 5) is 28.1. The van der Waals surface area contributed by atoms with Gasteiger partial charge in [-0.15, -0.1) is 0 Å². The Morgan fingerprint density at radius 1 is 1.23 bits per heavy atom. The largest absolute Gasteiger partial charge is 0.480 e. The smallest absolute Gasteiger partial charge is 0.363 e. The van der Waals surface area contributed by atoms with Gasteiger partial charge in [-0.25, -0.2) is 14.6 Å². The monoisotopic (exact) mass is 647 g/mol. The molecule has 1 heterocycles. The lowest BCUT2D eigenvalue weighted by atomic mass is 10.1. The lowest BCUT2D eigenvalue weighted by molar-refractivity contribution is -0.145. The SMILES string of the molecule is CCOC(=O)COc1c(Br)cc(/C=C2\N=C(c3ccc(I)c(C)c3)OC2=O)cc1Br. The number of carbonyl (C=O) groups is 2. The molecule has 0 radical (unpaired) electrons.